The minimum atomic E-state index is -0.297. The van der Waals surface area contributed by atoms with Gasteiger partial charge < -0.3 is 10.5 Å². The summed E-state index contributed by atoms with van der Waals surface area (Å²) < 4.78 is 18.9. The summed E-state index contributed by atoms with van der Waals surface area (Å²) in [6, 6.07) is 11.9. The van der Waals surface area contributed by atoms with Crippen LogP contribution in [0, 0.1) is 5.82 Å². The molecule has 0 saturated heterocycles. The lowest BCUT2D eigenvalue weighted by molar-refractivity contribution is 0.242. The molecule has 0 aliphatic heterocycles. The molecule has 2 nitrogen and oxygen atoms in total. The van der Waals surface area contributed by atoms with E-state index in [4.69, 9.17) is 10.5 Å². The van der Waals surface area contributed by atoms with Crippen molar-refractivity contribution in [2.75, 3.05) is 5.73 Å². The molecule has 0 fully saturated rings. The first-order valence-corrected chi connectivity index (χ1v) is 5.88. The quantitative estimate of drug-likeness (QED) is 0.833. The molecular weight excluding hydrogens is 229 g/mol. The second-order valence-corrected chi connectivity index (χ2v) is 4.43. The van der Waals surface area contributed by atoms with Crippen LogP contribution >= 0.6 is 0 Å². The predicted octanol–water partition coefficient (Wildman–Crippen LogP) is 3.86. The van der Waals surface area contributed by atoms with Gasteiger partial charge in [-0.1, -0.05) is 12.1 Å². The van der Waals surface area contributed by atoms with E-state index in [-0.39, 0.29) is 11.9 Å². The normalized spacial score (nSPS) is 10.7. The molecule has 0 radical (unpaired) electrons. The van der Waals surface area contributed by atoms with Crippen LogP contribution in [0.15, 0.2) is 42.5 Å². The first-order valence-electron chi connectivity index (χ1n) is 5.88. The van der Waals surface area contributed by atoms with E-state index in [1.165, 1.54) is 12.1 Å². The van der Waals surface area contributed by atoms with Gasteiger partial charge in [-0.3, -0.25) is 0 Å². The molecule has 2 rings (SSSR count). The lowest BCUT2D eigenvalue weighted by atomic mass is 10.0. The molecule has 0 spiro atoms. The lowest BCUT2D eigenvalue weighted by Gasteiger charge is -2.12. The van der Waals surface area contributed by atoms with Crippen LogP contribution in [0.1, 0.15) is 13.8 Å². The van der Waals surface area contributed by atoms with Crippen molar-refractivity contribution in [2.45, 2.75) is 20.0 Å². The fourth-order valence-corrected chi connectivity index (χ4v) is 1.79. The van der Waals surface area contributed by atoms with Crippen molar-refractivity contribution < 1.29 is 9.13 Å². The molecule has 18 heavy (non-hydrogen) atoms. The molecule has 0 aliphatic rings. The highest BCUT2D eigenvalue weighted by Crippen LogP contribution is 2.29. The Kier molecular flexibility index (Phi) is 3.51. The third-order valence-electron chi connectivity index (χ3n) is 2.53. The Bertz CT molecular complexity index is 552. The molecule has 0 bridgehead atoms. The maximum Gasteiger partial charge on any atom is 0.123 e. The lowest BCUT2D eigenvalue weighted by Crippen LogP contribution is -2.05. The summed E-state index contributed by atoms with van der Waals surface area (Å²) in [4.78, 5) is 0. The summed E-state index contributed by atoms with van der Waals surface area (Å²) in [6.45, 7) is 3.92. The Balaban J connectivity index is 2.41. The molecule has 0 aliphatic carbocycles. The van der Waals surface area contributed by atoms with Gasteiger partial charge in [0.2, 0.25) is 0 Å². The predicted molar refractivity (Wildman–Crippen MR) is 72.0 cm³/mol. The fourth-order valence-electron chi connectivity index (χ4n) is 1.79. The van der Waals surface area contributed by atoms with Gasteiger partial charge >= 0.3 is 0 Å². The molecule has 0 amide bonds. The highest BCUT2D eigenvalue weighted by atomic mass is 19.1. The van der Waals surface area contributed by atoms with E-state index in [9.17, 15) is 4.39 Å². The van der Waals surface area contributed by atoms with E-state index in [0.29, 0.717) is 11.3 Å². The average molecular weight is 245 g/mol. The van der Waals surface area contributed by atoms with E-state index in [1.807, 2.05) is 38.1 Å². The second-order valence-electron chi connectivity index (χ2n) is 4.43. The number of rotatable bonds is 3. The summed E-state index contributed by atoms with van der Waals surface area (Å²) in [7, 11) is 0. The molecule has 0 saturated carbocycles. The average Bonchev–Trinajstić information content (AvgIpc) is 2.32. The molecule has 0 atom stereocenters. The van der Waals surface area contributed by atoms with E-state index < -0.39 is 0 Å². The monoisotopic (exact) mass is 245 g/mol. The molecule has 0 unspecified atom stereocenters. The van der Waals surface area contributed by atoms with Crippen LogP contribution in [0.3, 0.4) is 0 Å². The zero-order chi connectivity index (χ0) is 13.1. The molecule has 2 aromatic carbocycles. The van der Waals surface area contributed by atoms with Gasteiger partial charge in [0.25, 0.3) is 0 Å². The van der Waals surface area contributed by atoms with E-state index >= 15 is 0 Å². The molecule has 3 heteroatoms. The van der Waals surface area contributed by atoms with Crippen molar-refractivity contribution in [1.29, 1.82) is 0 Å². The third-order valence-corrected chi connectivity index (χ3v) is 2.53. The van der Waals surface area contributed by atoms with Crippen molar-refractivity contribution in [3.63, 3.8) is 0 Å². The van der Waals surface area contributed by atoms with Crippen LogP contribution in [0.4, 0.5) is 10.1 Å². The molecule has 2 aromatic rings. The number of benzene rings is 2. The van der Waals surface area contributed by atoms with Crippen LogP contribution in [0.5, 0.6) is 5.75 Å². The number of nitrogens with two attached hydrogens (primary N) is 1. The van der Waals surface area contributed by atoms with Gasteiger partial charge in [0.05, 0.1) is 6.10 Å². The highest BCUT2D eigenvalue weighted by molar-refractivity contribution is 5.76. The van der Waals surface area contributed by atoms with E-state index in [2.05, 4.69) is 0 Å². The zero-order valence-corrected chi connectivity index (χ0v) is 10.5. The summed E-state index contributed by atoms with van der Waals surface area (Å²) in [5.74, 6) is 0.459. The smallest absolute Gasteiger partial charge is 0.123 e. The topological polar surface area (TPSA) is 35.2 Å². The first kappa shape index (κ1) is 12.4. The maximum atomic E-state index is 13.3. The number of anilines is 1. The fraction of sp³-hybridized carbons (Fsp3) is 0.200. The van der Waals surface area contributed by atoms with Crippen molar-refractivity contribution in [1.82, 2.24) is 0 Å². The van der Waals surface area contributed by atoms with Crippen LogP contribution in [0.2, 0.25) is 0 Å². The van der Waals surface area contributed by atoms with Crippen molar-refractivity contribution >= 4 is 5.69 Å². The van der Waals surface area contributed by atoms with Crippen molar-refractivity contribution in [2.24, 2.45) is 0 Å². The molecule has 2 N–H and O–H groups in total. The maximum absolute atomic E-state index is 13.3. The van der Waals surface area contributed by atoms with Gasteiger partial charge in [-0.15, -0.1) is 0 Å². The van der Waals surface area contributed by atoms with Crippen LogP contribution < -0.4 is 10.5 Å². The summed E-state index contributed by atoms with van der Waals surface area (Å²) >= 11 is 0. The minimum Gasteiger partial charge on any atom is -0.491 e. The Morgan fingerprint density at radius 1 is 1.11 bits per heavy atom. The van der Waals surface area contributed by atoms with Crippen molar-refractivity contribution in [3.8, 4) is 16.9 Å². The number of hydrogen-bond acceptors (Lipinski definition) is 2. The number of hydrogen-bond donors (Lipinski definition) is 1. The van der Waals surface area contributed by atoms with Gasteiger partial charge in [0.1, 0.15) is 11.6 Å². The first-order chi connectivity index (χ1) is 8.56. The Labute approximate surface area is 106 Å². The van der Waals surface area contributed by atoms with Gasteiger partial charge in [-0.2, -0.15) is 0 Å². The summed E-state index contributed by atoms with van der Waals surface area (Å²) in [5.41, 5.74) is 7.96. The number of nitrogen functional groups attached to an aromatic ring is 1. The van der Waals surface area contributed by atoms with Gasteiger partial charge in [0, 0.05) is 11.3 Å². The number of halogens is 1. The van der Waals surface area contributed by atoms with Crippen LogP contribution in [-0.2, 0) is 0 Å². The van der Waals surface area contributed by atoms with E-state index in [1.54, 1.807) is 6.07 Å². The Morgan fingerprint density at radius 3 is 2.61 bits per heavy atom. The largest absolute Gasteiger partial charge is 0.491 e. The Hall–Kier alpha value is -2.03. The van der Waals surface area contributed by atoms with Crippen LogP contribution in [0.25, 0.3) is 11.1 Å². The van der Waals surface area contributed by atoms with Gasteiger partial charge in [-0.25, -0.2) is 4.39 Å². The molecular formula is C15H16FNO. The van der Waals surface area contributed by atoms with E-state index in [0.717, 1.165) is 11.3 Å². The zero-order valence-electron chi connectivity index (χ0n) is 10.5. The molecule has 94 valence electrons. The van der Waals surface area contributed by atoms with Crippen molar-refractivity contribution in [3.05, 3.63) is 48.3 Å². The number of ether oxygens (including phenoxy) is 1. The SMILES string of the molecule is CC(C)Oc1cccc(-c2cc(F)ccc2N)c1. The molecule has 0 aromatic heterocycles. The van der Waals surface area contributed by atoms with Gasteiger partial charge in [-0.05, 0) is 49.7 Å². The third kappa shape index (κ3) is 2.80. The minimum absolute atomic E-state index is 0.102. The van der Waals surface area contributed by atoms with Crippen LogP contribution in [-0.4, -0.2) is 6.10 Å². The summed E-state index contributed by atoms with van der Waals surface area (Å²) in [5, 5.41) is 0. The summed E-state index contributed by atoms with van der Waals surface area (Å²) in [6.07, 6.45) is 0.102. The standard InChI is InChI=1S/C15H16FNO/c1-10(2)18-13-5-3-4-11(8-13)14-9-12(16)6-7-15(14)17/h3-10H,17H2,1-2H3. The highest BCUT2D eigenvalue weighted by Gasteiger charge is 2.06. The molecule has 0 heterocycles. The Morgan fingerprint density at radius 2 is 1.89 bits per heavy atom. The second kappa shape index (κ2) is 5.08. The van der Waals surface area contributed by atoms with Gasteiger partial charge in [0.15, 0.2) is 0 Å².